The fourth-order valence-corrected chi connectivity index (χ4v) is 6.16. The van der Waals surface area contributed by atoms with Crippen molar-refractivity contribution in [3.8, 4) is 11.5 Å². The molecule has 0 unspecified atom stereocenters. The molecule has 0 radical (unpaired) electrons. The number of aromatic amines is 1. The second kappa shape index (κ2) is 9.75. The average molecular weight is 514 g/mol. The number of hydrogen-bond donors (Lipinski definition) is 1. The van der Waals surface area contributed by atoms with Gasteiger partial charge in [-0.25, -0.2) is 4.68 Å². The van der Waals surface area contributed by atoms with Gasteiger partial charge in [-0.3, -0.25) is 9.69 Å². The molecule has 3 aliphatic rings. The molecular formula is C28H31N7O3. The minimum atomic E-state index is -0.358. The second-order valence-electron chi connectivity index (χ2n) is 10.4. The molecule has 1 aliphatic carbocycles. The molecule has 7 rings (SSSR count). The zero-order chi connectivity index (χ0) is 25.5. The third-order valence-corrected chi connectivity index (χ3v) is 8.14. The highest BCUT2D eigenvalue weighted by Gasteiger charge is 2.34. The lowest BCUT2D eigenvalue weighted by Gasteiger charge is -2.40. The summed E-state index contributed by atoms with van der Waals surface area (Å²) < 4.78 is 13.1. The number of para-hydroxylation sites is 1. The van der Waals surface area contributed by atoms with Crippen molar-refractivity contribution >= 4 is 16.6 Å². The number of benzene rings is 2. The number of aromatic nitrogens is 5. The predicted octanol–water partition coefficient (Wildman–Crippen LogP) is 3.66. The number of H-pyrrole nitrogens is 1. The number of nitrogens with zero attached hydrogens (tertiary/aromatic N) is 6. The molecule has 196 valence electrons. The zero-order valence-electron chi connectivity index (χ0n) is 21.3. The first-order chi connectivity index (χ1) is 18.7. The molecule has 1 saturated carbocycles. The minimum Gasteiger partial charge on any atom is -0.454 e. The van der Waals surface area contributed by atoms with Gasteiger partial charge in [0.15, 0.2) is 17.3 Å². The van der Waals surface area contributed by atoms with E-state index < -0.39 is 0 Å². The summed E-state index contributed by atoms with van der Waals surface area (Å²) in [6.45, 7) is 3.48. The first kappa shape index (κ1) is 23.2. The van der Waals surface area contributed by atoms with Gasteiger partial charge in [0.1, 0.15) is 6.04 Å². The number of anilines is 1. The lowest BCUT2D eigenvalue weighted by Crippen LogP contribution is -2.49. The Morgan fingerprint density at radius 1 is 0.921 bits per heavy atom. The van der Waals surface area contributed by atoms with E-state index >= 15 is 0 Å². The van der Waals surface area contributed by atoms with Crippen molar-refractivity contribution in [3.63, 3.8) is 0 Å². The molecule has 0 spiro atoms. The standard InChI is InChI=1S/C28H31N7O3/c36-28-22(15-19-16-24-25(38-18-37-24)17-23(19)29-28)26(27-30-31-32-35(27)21-9-5-2-6-10-21)34-13-11-33(12-14-34)20-7-3-1-4-8-20/h1,3-4,7-8,15-17,21,26H,2,5-6,9-14,18H2,(H,29,36)/t26-/m0/s1. The Labute approximate surface area is 220 Å². The van der Waals surface area contributed by atoms with Crippen LogP contribution < -0.4 is 19.9 Å². The van der Waals surface area contributed by atoms with E-state index in [1.165, 1.54) is 24.9 Å². The van der Waals surface area contributed by atoms with E-state index in [2.05, 4.69) is 54.6 Å². The Balaban J connectivity index is 1.29. The van der Waals surface area contributed by atoms with Gasteiger partial charge in [-0.2, -0.15) is 0 Å². The fourth-order valence-electron chi connectivity index (χ4n) is 6.16. The highest BCUT2D eigenvalue weighted by atomic mass is 16.7. The third kappa shape index (κ3) is 4.18. The number of piperazine rings is 1. The van der Waals surface area contributed by atoms with Crippen molar-refractivity contribution in [2.45, 2.75) is 44.2 Å². The highest BCUT2D eigenvalue weighted by molar-refractivity contribution is 5.83. The topological polar surface area (TPSA) is 101 Å². The van der Waals surface area contributed by atoms with Gasteiger partial charge in [-0.1, -0.05) is 37.5 Å². The first-order valence-corrected chi connectivity index (χ1v) is 13.5. The van der Waals surface area contributed by atoms with Crippen LogP contribution in [0.4, 0.5) is 5.69 Å². The van der Waals surface area contributed by atoms with Gasteiger partial charge in [-0.05, 0) is 47.5 Å². The van der Waals surface area contributed by atoms with Crippen molar-refractivity contribution in [2.24, 2.45) is 0 Å². The van der Waals surface area contributed by atoms with Crippen LogP contribution in [0.25, 0.3) is 10.9 Å². The second-order valence-corrected chi connectivity index (χ2v) is 10.4. The maximum atomic E-state index is 13.6. The van der Waals surface area contributed by atoms with Gasteiger partial charge in [0.25, 0.3) is 5.56 Å². The number of ether oxygens (including phenoxy) is 2. The van der Waals surface area contributed by atoms with Crippen LogP contribution >= 0.6 is 0 Å². The maximum Gasteiger partial charge on any atom is 0.253 e. The number of pyridine rings is 1. The highest BCUT2D eigenvalue weighted by Crippen LogP contribution is 2.37. The normalized spacial score (nSPS) is 19.2. The van der Waals surface area contributed by atoms with E-state index in [0.717, 1.165) is 55.7 Å². The third-order valence-electron chi connectivity index (χ3n) is 8.14. The van der Waals surface area contributed by atoms with Crippen molar-refractivity contribution in [2.75, 3.05) is 37.9 Å². The molecule has 2 aromatic carbocycles. The van der Waals surface area contributed by atoms with Crippen LogP contribution in [0.15, 0.2) is 53.3 Å². The lowest BCUT2D eigenvalue weighted by molar-refractivity contribution is 0.174. The van der Waals surface area contributed by atoms with E-state index in [4.69, 9.17) is 9.47 Å². The van der Waals surface area contributed by atoms with Gasteiger partial charge in [0, 0.05) is 48.9 Å². The summed E-state index contributed by atoms with van der Waals surface area (Å²) in [6.07, 6.45) is 5.72. The molecule has 0 bridgehead atoms. The number of rotatable bonds is 5. The van der Waals surface area contributed by atoms with Crippen LogP contribution in [0.3, 0.4) is 0 Å². The molecule has 1 atom stereocenters. The summed E-state index contributed by atoms with van der Waals surface area (Å²) in [6, 6.07) is 16.1. The smallest absolute Gasteiger partial charge is 0.253 e. The summed E-state index contributed by atoms with van der Waals surface area (Å²) in [5.41, 5.74) is 2.46. The molecule has 2 fully saturated rings. The Hall–Kier alpha value is -3.92. The number of hydrogen-bond acceptors (Lipinski definition) is 8. The Bertz CT molecular complexity index is 1490. The van der Waals surface area contributed by atoms with Gasteiger partial charge in [0.05, 0.1) is 11.6 Å². The van der Waals surface area contributed by atoms with Crippen LogP contribution in [0, 0.1) is 0 Å². The molecule has 1 N–H and O–H groups in total. The lowest BCUT2D eigenvalue weighted by atomic mass is 9.95. The minimum absolute atomic E-state index is 0.134. The van der Waals surface area contributed by atoms with Gasteiger partial charge >= 0.3 is 0 Å². The van der Waals surface area contributed by atoms with E-state index in [-0.39, 0.29) is 24.4 Å². The molecule has 4 heterocycles. The molecule has 2 aromatic heterocycles. The Morgan fingerprint density at radius 3 is 2.47 bits per heavy atom. The van der Waals surface area contributed by atoms with Crippen molar-refractivity contribution in [1.82, 2.24) is 30.1 Å². The van der Waals surface area contributed by atoms with Crippen molar-refractivity contribution < 1.29 is 9.47 Å². The summed E-state index contributed by atoms with van der Waals surface area (Å²) in [4.78, 5) is 21.5. The van der Waals surface area contributed by atoms with Gasteiger partial charge in [0.2, 0.25) is 6.79 Å². The van der Waals surface area contributed by atoms with Crippen molar-refractivity contribution in [1.29, 1.82) is 0 Å². The van der Waals surface area contributed by atoms with Crippen LogP contribution in [0.2, 0.25) is 0 Å². The molecule has 4 aromatic rings. The molecule has 10 nitrogen and oxygen atoms in total. The zero-order valence-corrected chi connectivity index (χ0v) is 21.3. The van der Waals surface area contributed by atoms with Crippen molar-refractivity contribution in [3.05, 3.63) is 70.3 Å². The fraction of sp³-hybridized carbons (Fsp3) is 0.429. The van der Waals surface area contributed by atoms with E-state index in [1.807, 2.05) is 28.9 Å². The van der Waals surface area contributed by atoms with E-state index in [1.54, 1.807) is 0 Å². The molecule has 10 heteroatoms. The Kier molecular flexibility index (Phi) is 5.96. The van der Waals surface area contributed by atoms with Crippen LogP contribution in [0.1, 0.15) is 55.6 Å². The maximum absolute atomic E-state index is 13.6. The first-order valence-electron chi connectivity index (χ1n) is 13.5. The average Bonchev–Trinajstić information content (AvgIpc) is 3.63. The monoisotopic (exact) mass is 513 g/mol. The largest absolute Gasteiger partial charge is 0.454 e. The van der Waals surface area contributed by atoms with Crippen LogP contribution in [0.5, 0.6) is 11.5 Å². The van der Waals surface area contributed by atoms with E-state index in [0.29, 0.717) is 17.1 Å². The number of fused-ring (bicyclic) bond motifs is 2. The SMILES string of the molecule is O=c1[nH]c2cc3c(cc2cc1[C@@H](c1nnnn1C1CCCCC1)N1CCN(c2ccccc2)CC1)OCO3. The molecule has 38 heavy (non-hydrogen) atoms. The molecular weight excluding hydrogens is 482 g/mol. The van der Waals surface area contributed by atoms with Crippen LogP contribution in [-0.2, 0) is 0 Å². The summed E-state index contributed by atoms with van der Waals surface area (Å²) >= 11 is 0. The summed E-state index contributed by atoms with van der Waals surface area (Å²) in [5.74, 6) is 2.09. The predicted molar refractivity (Wildman–Crippen MR) is 143 cm³/mol. The van der Waals surface area contributed by atoms with Gasteiger partial charge < -0.3 is 19.4 Å². The molecule has 2 aliphatic heterocycles. The van der Waals surface area contributed by atoms with Gasteiger partial charge in [-0.15, -0.1) is 5.10 Å². The number of tetrazole rings is 1. The number of nitrogens with one attached hydrogen (secondary N) is 1. The molecule has 0 amide bonds. The summed E-state index contributed by atoms with van der Waals surface area (Å²) in [5, 5.41) is 14.0. The molecule has 1 saturated heterocycles. The van der Waals surface area contributed by atoms with Crippen LogP contribution in [-0.4, -0.2) is 63.1 Å². The van der Waals surface area contributed by atoms with E-state index in [9.17, 15) is 4.79 Å². The Morgan fingerprint density at radius 2 is 1.68 bits per heavy atom. The summed E-state index contributed by atoms with van der Waals surface area (Å²) in [7, 11) is 0. The quantitative estimate of drug-likeness (QED) is 0.432.